The third-order valence-electron chi connectivity index (χ3n) is 3.66. The van der Waals surface area contributed by atoms with Crippen molar-refractivity contribution in [1.29, 1.82) is 0 Å². The molecule has 7 nitrogen and oxygen atoms in total. The molecule has 0 bridgehead atoms. The standard InChI is InChI=1S/C19H17FN4O3/c1-26-12-7-8-17(27-2)16(11-12)24-19-21-10-9-15(23-19)18(25)22-14-6-4-3-5-13(14)20/h3-11H,1-2H3,(H,22,25)(H,21,23,24). The molecule has 0 fully saturated rings. The Balaban J connectivity index is 1.82. The monoisotopic (exact) mass is 368 g/mol. The number of para-hydroxylation sites is 1. The predicted molar refractivity (Wildman–Crippen MR) is 99.2 cm³/mol. The second kappa shape index (κ2) is 8.13. The van der Waals surface area contributed by atoms with Crippen LogP contribution < -0.4 is 20.1 Å². The zero-order chi connectivity index (χ0) is 19.2. The van der Waals surface area contributed by atoms with Gasteiger partial charge in [0.2, 0.25) is 5.95 Å². The number of hydrogen-bond acceptors (Lipinski definition) is 6. The van der Waals surface area contributed by atoms with Crippen LogP contribution in [-0.2, 0) is 0 Å². The summed E-state index contributed by atoms with van der Waals surface area (Å²) in [5.74, 6) is 0.276. The van der Waals surface area contributed by atoms with Gasteiger partial charge in [-0.25, -0.2) is 14.4 Å². The Kier molecular flexibility index (Phi) is 5.46. The summed E-state index contributed by atoms with van der Waals surface area (Å²) in [6.45, 7) is 0. The van der Waals surface area contributed by atoms with E-state index < -0.39 is 11.7 Å². The molecule has 138 valence electrons. The Morgan fingerprint density at radius 1 is 1.04 bits per heavy atom. The number of carbonyl (C=O) groups is 1. The summed E-state index contributed by atoms with van der Waals surface area (Å²) in [7, 11) is 3.09. The van der Waals surface area contributed by atoms with Gasteiger partial charge in [-0.05, 0) is 30.3 Å². The average Bonchev–Trinajstić information content (AvgIpc) is 2.70. The number of hydrogen-bond donors (Lipinski definition) is 2. The molecule has 1 aromatic heterocycles. The number of halogens is 1. The lowest BCUT2D eigenvalue weighted by atomic mass is 10.2. The molecular weight excluding hydrogens is 351 g/mol. The SMILES string of the molecule is COc1ccc(OC)c(Nc2nccc(C(=O)Nc3ccccc3F)n2)c1. The molecule has 3 rings (SSSR count). The van der Waals surface area contributed by atoms with Gasteiger partial charge < -0.3 is 20.1 Å². The molecule has 0 saturated carbocycles. The Hall–Kier alpha value is -3.68. The maximum Gasteiger partial charge on any atom is 0.274 e. The quantitative estimate of drug-likeness (QED) is 0.691. The van der Waals surface area contributed by atoms with Crippen LogP contribution in [-0.4, -0.2) is 30.1 Å². The maximum atomic E-state index is 13.7. The molecule has 27 heavy (non-hydrogen) atoms. The number of nitrogens with zero attached hydrogens (tertiary/aromatic N) is 2. The van der Waals surface area contributed by atoms with E-state index in [4.69, 9.17) is 9.47 Å². The lowest BCUT2D eigenvalue weighted by Crippen LogP contribution is -2.15. The van der Waals surface area contributed by atoms with Crippen LogP contribution in [0.4, 0.5) is 21.7 Å². The van der Waals surface area contributed by atoms with Crippen molar-refractivity contribution in [1.82, 2.24) is 9.97 Å². The number of carbonyl (C=O) groups excluding carboxylic acids is 1. The molecule has 1 heterocycles. The van der Waals surface area contributed by atoms with Gasteiger partial charge >= 0.3 is 0 Å². The van der Waals surface area contributed by atoms with Gasteiger partial charge in [0.05, 0.1) is 25.6 Å². The van der Waals surface area contributed by atoms with E-state index in [0.717, 1.165) is 0 Å². The first-order chi connectivity index (χ1) is 13.1. The smallest absolute Gasteiger partial charge is 0.274 e. The van der Waals surface area contributed by atoms with Crippen LogP contribution in [0.25, 0.3) is 0 Å². The second-order valence-electron chi connectivity index (χ2n) is 5.39. The molecule has 2 N–H and O–H groups in total. The molecular formula is C19H17FN4O3. The number of benzene rings is 2. The van der Waals surface area contributed by atoms with Gasteiger partial charge in [0.25, 0.3) is 5.91 Å². The van der Waals surface area contributed by atoms with Crippen molar-refractivity contribution >= 4 is 23.2 Å². The average molecular weight is 368 g/mol. The van der Waals surface area contributed by atoms with E-state index >= 15 is 0 Å². The van der Waals surface area contributed by atoms with E-state index in [1.54, 1.807) is 37.4 Å². The normalized spacial score (nSPS) is 10.2. The molecule has 0 aliphatic carbocycles. The third-order valence-corrected chi connectivity index (χ3v) is 3.66. The molecule has 0 aliphatic heterocycles. The lowest BCUT2D eigenvalue weighted by Gasteiger charge is -2.12. The van der Waals surface area contributed by atoms with E-state index in [1.807, 2.05) is 0 Å². The number of ether oxygens (including phenoxy) is 2. The molecule has 3 aromatic rings. The van der Waals surface area contributed by atoms with Crippen molar-refractivity contribution in [2.75, 3.05) is 24.9 Å². The van der Waals surface area contributed by atoms with E-state index in [2.05, 4.69) is 20.6 Å². The molecule has 0 atom stereocenters. The van der Waals surface area contributed by atoms with E-state index in [1.165, 1.54) is 31.5 Å². The van der Waals surface area contributed by atoms with Crippen LogP contribution in [0.2, 0.25) is 0 Å². The van der Waals surface area contributed by atoms with E-state index in [0.29, 0.717) is 17.2 Å². The fourth-order valence-electron chi connectivity index (χ4n) is 2.33. The first-order valence-corrected chi connectivity index (χ1v) is 7.98. The Morgan fingerprint density at radius 2 is 1.85 bits per heavy atom. The van der Waals surface area contributed by atoms with Crippen LogP contribution in [0, 0.1) is 5.82 Å². The van der Waals surface area contributed by atoms with Gasteiger partial charge in [-0.1, -0.05) is 12.1 Å². The number of amides is 1. The number of methoxy groups -OCH3 is 2. The number of anilines is 3. The van der Waals surface area contributed by atoms with Crippen LogP contribution in [0.1, 0.15) is 10.5 Å². The highest BCUT2D eigenvalue weighted by Gasteiger charge is 2.13. The molecule has 1 amide bonds. The Morgan fingerprint density at radius 3 is 2.59 bits per heavy atom. The van der Waals surface area contributed by atoms with Gasteiger partial charge in [0.1, 0.15) is 23.0 Å². The Labute approximate surface area is 155 Å². The summed E-state index contributed by atoms with van der Waals surface area (Å²) in [5, 5.41) is 5.47. The highest BCUT2D eigenvalue weighted by molar-refractivity contribution is 6.03. The van der Waals surface area contributed by atoms with Crippen molar-refractivity contribution in [2.45, 2.75) is 0 Å². The van der Waals surface area contributed by atoms with Crippen LogP contribution >= 0.6 is 0 Å². The number of rotatable bonds is 6. The van der Waals surface area contributed by atoms with Gasteiger partial charge in [-0.2, -0.15) is 0 Å². The van der Waals surface area contributed by atoms with Crippen LogP contribution in [0.15, 0.2) is 54.7 Å². The van der Waals surface area contributed by atoms with Crippen LogP contribution in [0.5, 0.6) is 11.5 Å². The summed E-state index contributed by atoms with van der Waals surface area (Å²) < 4.78 is 24.2. The minimum atomic E-state index is -0.553. The first kappa shape index (κ1) is 18.1. The largest absolute Gasteiger partial charge is 0.497 e. The second-order valence-corrected chi connectivity index (χ2v) is 5.39. The van der Waals surface area contributed by atoms with Crippen molar-refractivity contribution in [3.63, 3.8) is 0 Å². The summed E-state index contributed by atoms with van der Waals surface area (Å²) >= 11 is 0. The molecule has 2 aromatic carbocycles. The summed E-state index contributed by atoms with van der Waals surface area (Å²) in [4.78, 5) is 20.6. The number of aromatic nitrogens is 2. The summed E-state index contributed by atoms with van der Waals surface area (Å²) in [6, 6.07) is 12.5. The molecule has 0 spiro atoms. The first-order valence-electron chi connectivity index (χ1n) is 7.98. The van der Waals surface area contributed by atoms with E-state index in [-0.39, 0.29) is 17.3 Å². The molecule has 0 saturated heterocycles. The van der Waals surface area contributed by atoms with Gasteiger partial charge in [-0.3, -0.25) is 4.79 Å². The highest BCUT2D eigenvalue weighted by atomic mass is 19.1. The van der Waals surface area contributed by atoms with Crippen molar-refractivity contribution < 1.29 is 18.7 Å². The topological polar surface area (TPSA) is 85.4 Å². The minimum Gasteiger partial charge on any atom is -0.497 e. The lowest BCUT2D eigenvalue weighted by molar-refractivity contribution is 0.102. The minimum absolute atomic E-state index is 0.0742. The van der Waals surface area contributed by atoms with Crippen molar-refractivity contribution in [3.8, 4) is 11.5 Å². The summed E-state index contributed by atoms with van der Waals surface area (Å²) in [6.07, 6.45) is 1.43. The molecule has 0 unspecified atom stereocenters. The fourth-order valence-corrected chi connectivity index (χ4v) is 2.33. The zero-order valence-electron chi connectivity index (χ0n) is 14.7. The molecule has 8 heteroatoms. The summed E-state index contributed by atoms with van der Waals surface area (Å²) in [5.41, 5.74) is 0.728. The van der Waals surface area contributed by atoms with Gasteiger partial charge in [0, 0.05) is 12.3 Å². The van der Waals surface area contributed by atoms with Gasteiger partial charge in [0.15, 0.2) is 0 Å². The van der Waals surface area contributed by atoms with Gasteiger partial charge in [-0.15, -0.1) is 0 Å². The highest BCUT2D eigenvalue weighted by Crippen LogP contribution is 2.30. The molecule has 0 aliphatic rings. The van der Waals surface area contributed by atoms with Crippen molar-refractivity contribution in [3.05, 3.63) is 66.2 Å². The van der Waals surface area contributed by atoms with Crippen LogP contribution in [0.3, 0.4) is 0 Å². The zero-order valence-corrected chi connectivity index (χ0v) is 14.7. The fraction of sp³-hybridized carbons (Fsp3) is 0.105. The predicted octanol–water partition coefficient (Wildman–Crippen LogP) is 3.63. The van der Waals surface area contributed by atoms with E-state index in [9.17, 15) is 9.18 Å². The maximum absolute atomic E-state index is 13.7. The Bertz CT molecular complexity index is 965. The number of nitrogens with one attached hydrogen (secondary N) is 2. The van der Waals surface area contributed by atoms with Crippen molar-refractivity contribution in [2.24, 2.45) is 0 Å². The molecule has 0 radical (unpaired) electrons. The third kappa shape index (κ3) is 4.30.